The maximum absolute atomic E-state index is 11.7. The van der Waals surface area contributed by atoms with E-state index in [-0.39, 0.29) is 11.5 Å². The van der Waals surface area contributed by atoms with Crippen molar-refractivity contribution in [3.63, 3.8) is 0 Å². The molecule has 0 aromatic carbocycles. The number of carbonyl (C=O) groups is 1. The minimum absolute atomic E-state index is 0.0812. The first-order valence-corrected chi connectivity index (χ1v) is 4.86. The average molecular weight is 224 g/mol. The number of aliphatic hydroxyl groups excluding tert-OH is 1. The third-order valence-corrected chi connectivity index (χ3v) is 1.68. The molecule has 0 aromatic heterocycles. The molecule has 1 heterocycles. The highest BCUT2D eigenvalue weighted by atomic mass is 16.6. The number of aliphatic hydroxyl groups is 1. The number of hydrogen-bond donors (Lipinski definition) is 2. The third-order valence-electron chi connectivity index (χ3n) is 1.68. The molecule has 0 aliphatic carbocycles. The van der Waals surface area contributed by atoms with Gasteiger partial charge in [0, 0.05) is 12.4 Å². The summed E-state index contributed by atoms with van der Waals surface area (Å²) < 4.78 is 5.15. The highest BCUT2D eigenvalue weighted by Crippen LogP contribution is 2.13. The summed E-state index contributed by atoms with van der Waals surface area (Å²) in [7, 11) is 0. The van der Waals surface area contributed by atoms with E-state index in [2.05, 4.69) is 0 Å². The van der Waals surface area contributed by atoms with Crippen LogP contribution >= 0.6 is 0 Å². The molecule has 1 aliphatic rings. The zero-order chi connectivity index (χ0) is 12.3. The fraction of sp³-hybridized carbons (Fsp3) is 0.364. The molecular weight excluding hydrogens is 208 g/mol. The molecule has 0 radical (unpaired) electrons. The summed E-state index contributed by atoms with van der Waals surface area (Å²) in [6.45, 7) is 5.32. The first-order chi connectivity index (χ1) is 7.29. The van der Waals surface area contributed by atoms with Gasteiger partial charge >= 0.3 is 6.09 Å². The van der Waals surface area contributed by atoms with Gasteiger partial charge in [-0.15, -0.1) is 0 Å². The van der Waals surface area contributed by atoms with Gasteiger partial charge in [-0.2, -0.15) is 0 Å². The molecule has 0 aromatic rings. The van der Waals surface area contributed by atoms with E-state index in [1.165, 1.54) is 29.5 Å². The normalized spacial score (nSPS) is 16.3. The zero-order valence-corrected chi connectivity index (χ0v) is 9.60. The summed E-state index contributed by atoms with van der Waals surface area (Å²) in [5, 5.41) is 9.33. The second kappa shape index (κ2) is 4.30. The van der Waals surface area contributed by atoms with Crippen molar-refractivity contribution in [1.29, 1.82) is 0 Å². The van der Waals surface area contributed by atoms with E-state index in [1.807, 2.05) is 0 Å². The number of nitrogens with zero attached hydrogens (tertiary/aromatic N) is 1. The number of hydrogen-bond acceptors (Lipinski definition) is 4. The molecule has 0 saturated heterocycles. The lowest BCUT2D eigenvalue weighted by molar-refractivity contribution is 0.0399. The largest absolute Gasteiger partial charge is 0.506 e. The molecule has 88 valence electrons. The van der Waals surface area contributed by atoms with Crippen LogP contribution in [0.2, 0.25) is 0 Å². The van der Waals surface area contributed by atoms with Crippen LogP contribution in [-0.4, -0.2) is 21.7 Å². The Morgan fingerprint density at radius 2 is 2.12 bits per heavy atom. The van der Waals surface area contributed by atoms with E-state index in [0.29, 0.717) is 0 Å². The van der Waals surface area contributed by atoms with Crippen molar-refractivity contribution in [2.75, 3.05) is 0 Å². The van der Waals surface area contributed by atoms with Crippen molar-refractivity contribution < 1.29 is 14.6 Å². The molecular formula is C11H16N2O3. The summed E-state index contributed by atoms with van der Waals surface area (Å²) >= 11 is 0. The number of amides is 1. The van der Waals surface area contributed by atoms with Gasteiger partial charge in [-0.3, -0.25) is 4.90 Å². The Morgan fingerprint density at radius 1 is 1.50 bits per heavy atom. The lowest BCUT2D eigenvalue weighted by atomic mass is 10.2. The Kier molecular flexibility index (Phi) is 3.27. The molecule has 0 spiro atoms. The molecule has 1 aliphatic heterocycles. The highest BCUT2D eigenvalue weighted by Gasteiger charge is 2.20. The van der Waals surface area contributed by atoms with Gasteiger partial charge in [0.25, 0.3) is 0 Å². The molecule has 5 nitrogen and oxygen atoms in total. The van der Waals surface area contributed by atoms with Crippen LogP contribution in [0.4, 0.5) is 4.79 Å². The van der Waals surface area contributed by atoms with Crippen LogP contribution in [0.5, 0.6) is 0 Å². The molecule has 1 rings (SSSR count). The topological polar surface area (TPSA) is 75.8 Å². The number of rotatable bonds is 0. The summed E-state index contributed by atoms with van der Waals surface area (Å²) in [6, 6.07) is 0. The molecule has 1 amide bonds. The van der Waals surface area contributed by atoms with Crippen LogP contribution in [0.15, 0.2) is 36.0 Å². The van der Waals surface area contributed by atoms with E-state index in [1.54, 1.807) is 20.8 Å². The Morgan fingerprint density at radius 3 is 2.69 bits per heavy atom. The van der Waals surface area contributed by atoms with Gasteiger partial charge in [-0.25, -0.2) is 4.79 Å². The first-order valence-electron chi connectivity index (χ1n) is 4.86. The lowest BCUT2D eigenvalue weighted by Gasteiger charge is -2.23. The second-order valence-corrected chi connectivity index (χ2v) is 4.37. The van der Waals surface area contributed by atoms with Crippen LogP contribution in [0.1, 0.15) is 20.8 Å². The van der Waals surface area contributed by atoms with E-state index in [4.69, 9.17) is 10.5 Å². The van der Waals surface area contributed by atoms with Crippen LogP contribution in [-0.2, 0) is 4.74 Å². The molecule has 0 atom stereocenters. The average Bonchev–Trinajstić information content (AvgIpc) is 2.27. The second-order valence-electron chi connectivity index (χ2n) is 4.37. The van der Waals surface area contributed by atoms with Crippen LogP contribution < -0.4 is 5.73 Å². The van der Waals surface area contributed by atoms with Gasteiger partial charge in [-0.05, 0) is 32.9 Å². The SMILES string of the molecule is CC(C)(C)OC(=O)N1C=CC=C(O)C(N)=C1. The minimum atomic E-state index is -0.574. The predicted molar refractivity (Wildman–Crippen MR) is 60.2 cm³/mol. The van der Waals surface area contributed by atoms with Gasteiger partial charge in [0.2, 0.25) is 0 Å². The Balaban J connectivity index is 2.80. The molecule has 5 heteroatoms. The zero-order valence-electron chi connectivity index (χ0n) is 9.60. The van der Waals surface area contributed by atoms with Crippen molar-refractivity contribution in [2.24, 2.45) is 5.73 Å². The van der Waals surface area contributed by atoms with E-state index in [9.17, 15) is 9.90 Å². The molecule has 0 saturated carbocycles. The molecule has 0 unspecified atom stereocenters. The molecule has 16 heavy (non-hydrogen) atoms. The Bertz CT molecular complexity index is 375. The quantitative estimate of drug-likeness (QED) is 0.659. The molecule has 3 N–H and O–H groups in total. The third kappa shape index (κ3) is 3.34. The van der Waals surface area contributed by atoms with Crippen molar-refractivity contribution in [3.8, 4) is 0 Å². The van der Waals surface area contributed by atoms with Crippen LogP contribution in [0, 0.1) is 0 Å². The Hall–Kier alpha value is -1.91. The predicted octanol–water partition coefficient (Wildman–Crippen LogP) is 1.99. The standard InChI is InChI=1S/C11H16N2O3/c1-11(2,3)16-10(15)13-6-4-5-9(14)8(12)7-13/h4-7,14H,12H2,1-3H3. The van der Waals surface area contributed by atoms with Crippen molar-refractivity contribution in [2.45, 2.75) is 26.4 Å². The summed E-state index contributed by atoms with van der Waals surface area (Å²) in [4.78, 5) is 12.8. The van der Waals surface area contributed by atoms with Gasteiger partial charge in [0.1, 0.15) is 11.4 Å². The fourth-order valence-electron chi connectivity index (χ4n) is 1.01. The van der Waals surface area contributed by atoms with Crippen LogP contribution in [0.25, 0.3) is 0 Å². The number of allylic oxidation sites excluding steroid dienone is 2. The summed E-state index contributed by atoms with van der Waals surface area (Å²) in [6.07, 6.45) is 5.13. The van der Waals surface area contributed by atoms with Crippen LogP contribution in [0.3, 0.4) is 0 Å². The van der Waals surface area contributed by atoms with Gasteiger partial charge in [0.15, 0.2) is 0 Å². The number of nitrogens with two attached hydrogens (primary N) is 1. The fourth-order valence-corrected chi connectivity index (χ4v) is 1.01. The number of carbonyl (C=O) groups excluding carboxylic acids is 1. The minimum Gasteiger partial charge on any atom is -0.506 e. The maximum atomic E-state index is 11.7. The van der Waals surface area contributed by atoms with Gasteiger partial charge in [-0.1, -0.05) is 0 Å². The maximum Gasteiger partial charge on any atom is 0.418 e. The van der Waals surface area contributed by atoms with Crippen molar-refractivity contribution in [1.82, 2.24) is 4.90 Å². The van der Waals surface area contributed by atoms with Gasteiger partial charge in [0.05, 0.1) is 5.70 Å². The highest BCUT2D eigenvalue weighted by molar-refractivity contribution is 5.71. The first kappa shape index (κ1) is 12.2. The lowest BCUT2D eigenvalue weighted by Crippen LogP contribution is -2.31. The molecule has 0 bridgehead atoms. The molecule has 0 fully saturated rings. The number of ether oxygens (including phenoxy) is 1. The van der Waals surface area contributed by atoms with E-state index < -0.39 is 11.7 Å². The summed E-state index contributed by atoms with van der Waals surface area (Å²) in [5.74, 6) is -0.0812. The van der Waals surface area contributed by atoms with Crippen molar-refractivity contribution in [3.05, 3.63) is 36.0 Å². The smallest absolute Gasteiger partial charge is 0.418 e. The van der Waals surface area contributed by atoms with E-state index >= 15 is 0 Å². The monoisotopic (exact) mass is 224 g/mol. The summed E-state index contributed by atoms with van der Waals surface area (Å²) in [5.41, 5.74) is 5.06. The Labute approximate surface area is 94.5 Å². The van der Waals surface area contributed by atoms with E-state index in [0.717, 1.165) is 0 Å². The van der Waals surface area contributed by atoms with Gasteiger partial charge < -0.3 is 15.6 Å². The van der Waals surface area contributed by atoms with Crippen molar-refractivity contribution >= 4 is 6.09 Å².